The van der Waals surface area contributed by atoms with E-state index in [1.165, 1.54) is 63.6 Å². The lowest BCUT2D eigenvalue weighted by atomic mass is 9.91. The van der Waals surface area contributed by atoms with Gasteiger partial charge in [0.15, 0.2) is 0 Å². The van der Waals surface area contributed by atoms with Crippen molar-refractivity contribution in [3.8, 4) is 0 Å². The van der Waals surface area contributed by atoms with E-state index < -0.39 is 0 Å². The van der Waals surface area contributed by atoms with Crippen molar-refractivity contribution in [2.75, 3.05) is 13.1 Å². The van der Waals surface area contributed by atoms with Gasteiger partial charge < -0.3 is 0 Å². The first kappa shape index (κ1) is 20.9. The lowest BCUT2D eigenvalue weighted by Crippen LogP contribution is -2.25. The summed E-state index contributed by atoms with van der Waals surface area (Å²) in [5, 5.41) is 17.0. The number of nitrogens with zero attached hydrogens (tertiary/aromatic N) is 4. The average Bonchev–Trinajstić information content (AvgIpc) is 3.26. The smallest absolute Gasteiger partial charge is 0.0967 e. The third-order valence-corrected chi connectivity index (χ3v) is 6.55. The van der Waals surface area contributed by atoms with Gasteiger partial charge in [-0.1, -0.05) is 80.4 Å². The first-order chi connectivity index (χ1) is 15.8. The summed E-state index contributed by atoms with van der Waals surface area (Å²) in [5.41, 5.74) is 2.36. The van der Waals surface area contributed by atoms with Gasteiger partial charge in [0.05, 0.1) is 18.4 Å². The third kappa shape index (κ3) is 4.07. The predicted octanol–water partition coefficient (Wildman–Crippen LogP) is 6.63. The molecule has 4 nitrogen and oxygen atoms in total. The second-order valence-corrected chi connectivity index (χ2v) is 8.97. The molecular formula is C28H32N4. The van der Waals surface area contributed by atoms with Gasteiger partial charge >= 0.3 is 0 Å². The molecule has 32 heavy (non-hydrogen) atoms. The Kier molecular flexibility index (Phi) is 6.04. The fourth-order valence-electron chi connectivity index (χ4n) is 4.89. The van der Waals surface area contributed by atoms with Crippen molar-refractivity contribution in [2.24, 2.45) is 0 Å². The van der Waals surface area contributed by atoms with Crippen LogP contribution in [0.4, 0.5) is 0 Å². The molecule has 4 aromatic carbocycles. The lowest BCUT2D eigenvalue weighted by molar-refractivity contribution is 0.254. The number of rotatable bonds is 10. The fourth-order valence-corrected chi connectivity index (χ4v) is 4.89. The zero-order chi connectivity index (χ0) is 21.9. The highest BCUT2D eigenvalue weighted by Gasteiger charge is 2.13. The third-order valence-electron chi connectivity index (χ3n) is 6.55. The van der Waals surface area contributed by atoms with Gasteiger partial charge in [0.1, 0.15) is 0 Å². The highest BCUT2D eigenvalue weighted by molar-refractivity contribution is 6.23. The molecule has 5 aromatic rings. The summed E-state index contributed by atoms with van der Waals surface area (Å²) in [6, 6.07) is 20.0. The van der Waals surface area contributed by atoms with E-state index in [2.05, 4.69) is 89.9 Å². The lowest BCUT2D eigenvalue weighted by Gasteiger charge is -2.20. The maximum atomic E-state index is 4.51. The van der Waals surface area contributed by atoms with Gasteiger partial charge in [-0.15, -0.1) is 5.10 Å². The van der Waals surface area contributed by atoms with E-state index in [0.717, 1.165) is 31.9 Å². The number of hydrogen-bond donors (Lipinski definition) is 0. The minimum atomic E-state index is 0.737. The minimum absolute atomic E-state index is 0.737. The first-order valence-electron chi connectivity index (χ1n) is 12.0. The second-order valence-electron chi connectivity index (χ2n) is 8.97. The van der Waals surface area contributed by atoms with Crippen molar-refractivity contribution in [1.29, 1.82) is 0 Å². The molecule has 164 valence electrons. The van der Waals surface area contributed by atoms with Crippen molar-refractivity contribution < 1.29 is 0 Å². The molecule has 0 radical (unpaired) electrons. The molecule has 0 amide bonds. The Balaban J connectivity index is 1.44. The summed E-state index contributed by atoms with van der Waals surface area (Å²) in [5.74, 6) is 0. The van der Waals surface area contributed by atoms with Crippen LogP contribution in [-0.2, 0) is 13.1 Å². The molecule has 0 bridgehead atoms. The molecule has 0 aliphatic heterocycles. The number of benzene rings is 4. The van der Waals surface area contributed by atoms with Gasteiger partial charge in [-0.2, -0.15) is 0 Å². The Morgan fingerprint density at radius 1 is 0.812 bits per heavy atom. The molecule has 0 saturated heterocycles. The second kappa shape index (κ2) is 9.25. The van der Waals surface area contributed by atoms with Crippen LogP contribution in [0.15, 0.2) is 60.8 Å². The van der Waals surface area contributed by atoms with Gasteiger partial charge in [-0.3, -0.25) is 4.90 Å². The molecule has 1 aromatic heterocycles. The van der Waals surface area contributed by atoms with E-state index in [0.29, 0.717) is 0 Å². The zero-order valence-corrected chi connectivity index (χ0v) is 19.2. The standard InChI is InChI=1S/C28H32N4/c1-3-5-15-31(16-6-4-2)19-25-20-32(30-29-25)18-24-17-23-11-7-9-21-13-14-22-10-8-12-26(24)28(22)27(21)23/h7-14,17,20H,3-6,15-16,18-19H2,1-2H3. The molecule has 0 saturated carbocycles. The molecule has 0 aliphatic rings. The Morgan fingerprint density at radius 3 is 2.25 bits per heavy atom. The van der Waals surface area contributed by atoms with Gasteiger partial charge in [0.25, 0.3) is 0 Å². The van der Waals surface area contributed by atoms with E-state index in [1.54, 1.807) is 0 Å². The van der Waals surface area contributed by atoms with Crippen LogP contribution < -0.4 is 0 Å². The van der Waals surface area contributed by atoms with Crippen LogP contribution in [-0.4, -0.2) is 33.0 Å². The van der Waals surface area contributed by atoms with Crippen LogP contribution >= 0.6 is 0 Å². The van der Waals surface area contributed by atoms with E-state index in [4.69, 9.17) is 0 Å². The van der Waals surface area contributed by atoms with E-state index in [1.807, 2.05) is 4.68 Å². The summed E-state index contributed by atoms with van der Waals surface area (Å²) in [6.45, 7) is 8.41. The highest BCUT2D eigenvalue weighted by atomic mass is 15.4. The van der Waals surface area contributed by atoms with Crippen molar-refractivity contribution in [1.82, 2.24) is 19.9 Å². The Morgan fingerprint density at radius 2 is 1.50 bits per heavy atom. The van der Waals surface area contributed by atoms with E-state index in [9.17, 15) is 0 Å². The summed E-state index contributed by atoms with van der Waals surface area (Å²) in [7, 11) is 0. The Hall–Kier alpha value is -2.98. The van der Waals surface area contributed by atoms with Gasteiger partial charge in [-0.05, 0) is 69.9 Å². The Labute approximate surface area is 190 Å². The minimum Gasteiger partial charge on any atom is -0.297 e. The number of aromatic nitrogens is 3. The van der Waals surface area contributed by atoms with Crippen LogP contribution in [0.25, 0.3) is 32.3 Å². The van der Waals surface area contributed by atoms with Gasteiger partial charge in [0, 0.05) is 6.54 Å². The van der Waals surface area contributed by atoms with Crippen molar-refractivity contribution in [3.63, 3.8) is 0 Å². The molecule has 0 aliphatic carbocycles. The Bertz CT molecular complexity index is 1310. The molecular weight excluding hydrogens is 392 g/mol. The number of unbranched alkanes of at least 4 members (excludes halogenated alkanes) is 2. The molecule has 0 N–H and O–H groups in total. The summed E-state index contributed by atoms with van der Waals surface area (Å²) in [6.07, 6.45) is 7.05. The monoisotopic (exact) mass is 424 g/mol. The normalized spacial score (nSPS) is 12.1. The largest absolute Gasteiger partial charge is 0.297 e. The summed E-state index contributed by atoms with van der Waals surface area (Å²) < 4.78 is 2.01. The maximum absolute atomic E-state index is 4.51. The maximum Gasteiger partial charge on any atom is 0.0967 e. The van der Waals surface area contributed by atoms with E-state index in [-0.39, 0.29) is 0 Å². The fraction of sp³-hybridized carbons (Fsp3) is 0.357. The number of hydrogen-bond acceptors (Lipinski definition) is 3. The molecule has 5 rings (SSSR count). The molecule has 0 spiro atoms. The van der Waals surface area contributed by atoms with Crippen molar-refractivity contribution >= 4 is 32.3 Å². The summed E-state index contributed by atoms with van der Waals surface area (Å²) in [4.78, 5) is 2.53. The van der Waals surface area contributed by atoms with Crippen LogP contribution in [0, 0.1) is 0 Å². The van der Waals surface area contributed by atoms with Crippen LogP contribution in [0.1, 0.15) is 50.8 Å². The topological polar surface area (TPSA) is 34.0 Å². The van der Waals surface area contributed by atoms with Crippen LogP contribution in [0.2, 0.25) is 0 Å². The molecule has 1 heterocycles. The van der Waals surface area contributed by atoms with Crippen molar-refractivity contribution in [3.05, 3.63) is 72.1 Å². The average molecular weight is 425 g/mol. The molecule has 0 atom stereocenters. The first-order valence-corrected chi connectivity index (χ1v) is 12.0. The van der Waals surface area contributed by atoms with Crippen LogP contribution in [0.5, 0.6) is 0 Å². The molecule has 0 fully saturated rings. The highest BCUT2D eigenvalue weighted by Crippen LogP contribution is 2.36. The molecule has 0 unspecified atom stereocenters. The van der Waals surface area contributed by atoms with Crippen molar-refractivity contribution in [2.45, 2.75) is 52.6 Å². The van der Waals surface area contributed by atoms with Gasteiger partial charge in [-0.25, -0.2) is 4.68 Å². The predicted molar refractivity (Wildman–Crippen MR) is 134 cm³/mol. The van der Waals surface area contributed by atoms with E-state index >= 15 is 0 Å². The quantitative estimate of drug-likeness (QED) is 0.236. The van der Waals surface area contributed by atoms with Crippen LogP contribution in [0.3, 0.4) is 0 Å². The SMILES string of the molecule is CCCCN(CCCC)Cc1cn(Cc2cc3cccc4ccc5cccc2c5c43)nn1. The zero-order valence-electron chi connectivity index (χ0n) is 19.2. The summed E-state index contributed by atoms with van der Waals surface area (Å²) >= 11 is 0. The van der Waals surface area contributed by atoms with Gasteiger partial charge in [0.2, 0.25) is 0 Å². The molecule has 4 heteroatoms.